The molecule has 0 saturated heterocycles. The van der Waals surface area contributed by atoms with E-state index in [2.05, 4.69) is 0 Å². The minimum Gasteiger partial charge on any atom is -0.508 e. The third-order valence-corrected chi connectivity index (χ3v) is 2.27. The summed E-state index contributed by atoms with van der Waals surface area (Å²) >= 11 is 0. The SMILES string of the molecule is Cc1c(N)ccc(O)c1CC(O)CO. The first kappa shape index (κ1) is 10.8. The van der Waals surface area contributed by atoms with Crippen molar-refractivity contribution in [1.82, 2.24) is 0 Å². The van der Waals surface area contributed by atoms with Gasteiger partial charge in [0, 0.05) is 17.7 Å². The highest BCUT2D eigenvalue weighted by atomic mass is 16.3. The van der Waals surface area contributed by atoms with E-state index in [0.717, 1.165) is 5.56 Å². The third kappa shape index (κ3) is 2.16. The second-order valence-electron chi connectivity index (χ2n) is 3.32. The van der Waals surface area contributed by atoms with E-state index in [0.29, 0.717) is 11.3 Å². The van der Waals surface area contributed by atoms with E-state index in [1.54, 1.807) is 13.0 Å². The number of anilines is 1. The standard InChI is InChI=1S/C10H15NO3/c1-6-8(4-7(13)5-12)10(14)3-2-9(6)11/h2-3,7,12-14H,4-5,11H2,1H3. The maximum absolute atomic E-state index is 9.51. The molecule has 0 aliphatic heterocycles. The van der Waals surface area contributed by atoms with Crippen LogP contribution in [0, 0.1) is 6.92 Å². The van der Waals surface area contributed by atoms with Crippen LogP contribution in [0.4, 0.5) is 5.69 Å². The molecule has 0 aromatic heterocycles. The zero-order valence-corrected chi connectivity index (χ0v) is 8.07. The van der Waals surface area contributed by atoms with Crippen LogP contribution in [0.5, 0.6) is 5.75 Å². The van der Waals surface area contributed by atoms with Crippen LogP contribution >= 0.6 is 0 Å². The molecule has 78 valence electrons. The molecule has 1 unspecified atom stereocenters. The summed E-state index contributed by atoms with van der Waals surface area (Å²) in [6, 6.07) is 3.10. The lowest BCUT2D eigenvalue weighted by atomic mass is 10.00. The van der Waals surface area contributed by atoms with Gasteiger partial charge in [0.25, 0.3) is 0 Å². The van der Waals surface area contributed by atoms with Crippen LogP contribution in [0.3, 0.4) is 0 Å². The van der Waals surface area contributed by atoms with Crippen molar-refractivity contribution >= 4 is 5.69 Å². The van der Waals surface area contributed by atoms with Crippen molar-refractivity contribution in [1.29, 1.82) is 0 Å². The lowest BCUT2D eigenvalue weighted by Gasteiger charge is -2.13. The van der Waals surface area contributed by atoms with E-state index >= 15 is 0 Å². The van der Waals surface area contributed by atoms with Gasteiger partial charge in [-0.2, -0.15) is 0 Å². The van der Waals surface area contributed by atoms with Gasteiger partial charge in [-0.3, -0.25) is 0 Å². The van der Waals surface area contributed by atoms with Crippen molar-refractivity contribution in [2.24, 2.45) is 0 Å². The Morgan fingerprint density at radius 1 is 1.43 bits per heavy atom. The van der Waals surface area contributed by atoms with Crippen molar-refractivity contribution in [3.8, 4) is 5.75 Å². The van der Waals surface area contributed by atoms with Gasteiger partial charge in [-0.05, 0) is 24.6 Å². The summed E-state index contributed by atoms with van der Waals surface area (Å²) in [4.78, 5) is 0. The topological polar surface area (TPSA) is 86.7 Å². The normalized spacial score (nSPS) is 12.8. The summed E-state index contributed by atoms with van der Waals surface area (Å²) in [5.74, 6) is 0.101. The highest BCUT2D eigenvalue weighted by Gasteiger charge is 2.12. The summed E-state index contributed by atoms with van der Waals surface area (Å²) in [5, 5.41) is 27.4. The van der Waals surface area contributed by atoms with Gasteiger partial charge in [0.1, 0.15) is 5.75 Å². The van der Waals surface area contributed by atoms with Crippen LogP contribution in [-0.4, -0.2) is 28.0 Å². The van der Waals surface area contributed by atoms with Crippen molar-refractivity contribution in [3.05, 3.63) is 23.3 Å². The molecule has 0 saturated carbocycles. The molecule has 0 amide bonds. The second kappa shape index (κ2) is 4.30. The zero-order chi connectivity index (χ0) is 10.7. The molecule has 14 heavy (non-hydrogen) atoms. The molecular formula is C10H15NO3. The third-order valence-electron chi connectivity index (χ3n) is 2.27. The summed E-state index contributed by atoms with van der Waals surface area (Å²) in [6.07, 6.45) is -0.652. The second-order valence-corrected chi connectivity index (χ2v) is 3.32. The fourth-order valence-electron chi connectivity index (χ4n) is 1.32. The lowest BCUT2D eigenvalue weighted by molar-refractivity contribution is 0.0949. The minimum absolute atomic E-state index is 0.101. The fourth-order valence-corrected chi connectivity index (χ4v) is 1.32. The monoisotopic (exact) mass is 197 g/mol. The maximum atomic E-state index is 9.51. The molecule has 1 atom stereocenters. The Hall–Kier alpha value is -1.26. The van der Waals surface area contributed by atoms with Crippen LogP contribution < -0.4 is 5.73 Å². The van der Waals surface area contributed by atoms with E-state index in [-0.39, 0.29) is 18.8 Å². The summed E-state index contributed by atoms with van der Waals surface area (Å²) < 4.78 is 0. The Labute approximate surface area is 82.6 Å². The summed E-state index contributed by atoms with van der Waals surface area (Å²) in [6.45, 7) is 1.45. The smallest absolute Gasteiger partial charge is 0.119 e. The molecule has 4 heteroatoms. The minimum atomic E-state index is -0.860. The Bertz CT molecular complexity index is 325. The number of aliphatic hydroxyl groups is 2. The first-order chi connectivity index (χ1) is 6.56. The van der Waals surface area contributed by atoms with Gasteiger partial charge in [-0.1, -0.05) is 0 Å². The number of rotatable bonds is 3. The van der Waals surface area contributed by atoms with Crippen LogP contribution in [0.25, 0.3) is 0 Å². The fraction of sp³-hybridized carbons (Fsp3) is 0.400. The van der Waals surface area contributed by atoms with Crippen molar-refractivity contribution < 1.29 is 15.3 Å². The molecule has 0 bridgehead atoms. The highest BCUT2D eigenvalue weighted by molar-refractivity contribution is 5.55. The highest BCUT2D eigenvalue weighted by Crippen LogP contribution is 2.26. The number of phenols is 1. The first-order valence-corrected chi connectivity index (χ1v) is 4.42. The summed E-state index contributed by atoms with van der Waals surface area (Å²) in [5.41, 5.74) is 7.56. The van der Waals surface area contributed by atoms with Crippen molar-refractivity contribution in [3.63, 3.8) is 0 Å². The molecule has 0 aliphatic rings. The van der Waals surface area contributed by atoms with Gasteiger partial charge in [0.15, 0.2) is 0 Å². The zero-order valence-electron chi connectivity index (χ0n) is 8.07. The largest absolute Gasteiger partial charge is 0.508 e. The van der Waals surface area contributed by atoms with Crippen LogP contribution in [-0.2, 0) is 6.42 Å². The van der Waals surface area contributed by atoms with Gasteiger partial charge in [0.05, 0.1) is 12.7 Å². The van der Waals surface area contributed by atoms with Gasteiger partial charge < -0.3 is 21.1 Å². The quantitative estimate of drug-likeness (QED) is 0.411. The molecule has 0 heterocycles. The number of aromatic hydroxyl groups is 1. The predicted octanol–water partition coefficient (Wildman–Crippen LogP) is 0.179. The molecule has 5 N–H and O–H groups in total. The maximum Gasteiger partial charge on any atom is 0.119 e. The molecule has 0 fully saturated rings. The Morgan fingerprint density at radius 3 is 2.64 bits per heavy atom. The molecule has 0 aliphatic carbocycles. The number of benzene rings is 1. The Morgan fingerprint density at radius 2 is 2.07 bits per heavy atom. The summed E-state index contributed by atoms with van der Waals surface area (Å²) in [7, 11) is 0. The lowest BCUT2D eigenvalue weighted by Crippen LogP contribution is -2.16. The van der Waals surface area contributed by atoms with Gasteiger partial charge in [-0.15, -0.1) is 0 Å². The molecule has 1 aromatic rings. The average Bonchev–Trinajstić information content (AvgIpc) is 2.18. The number of nitrogens with two attached hydrogens (primary N) is 1. The number of phenolic OH excluding ortho intramolecular Hbond substituents is 1. The average molecular weight is 197 g/mol. The predicted molar refractivity (Wildman–Crippen MR) is 54.1 cm³/mol. The van der Waals surface area contributed by atoms with Gasteiger partial charge >= 0.3 is 0 Å². The molecule has 0 spiro atoms. The molecule has 0 radical (unpaired) electrons. The number of hydrogen-bond donors (Lipinski definition) is 4. The van der Waals surface area contributed by atoms with Gasteiger partial charge in [0.2, 0.25) is 0 Å². The molecule has 1 rings (SSSR count). The number of aliphatic hydroxyl groups excluding tert-OH is 2. The molecular weight excluding hydrogens is 182 g/mol. The van der Waals surface area contributed by atoms with Crippen molar-refractivity contribution in [2.45, 2.75) is 19.4 Å². The Balaban J connectivity index is 3.00. The molecule has 4 nitrogen and oxygen atoms in total. The number of nitrogen functional groups attached to an aromatic ring is 1. The Kier molecular flexibility index (Phi) is 3.33. The van der Waals surface area contributed by atoms with Crippen LogP contribution in [0.1, 0.15) is 11.1 Å². The molecule has 1 aromatic carbocycles. The van der Waals surface area contributed by atoms with Gasteiger partial charge in [-0.25, -0.2) is 0 Å². The van der Waals surface area contributed by atoms with E-state index in [1.165, 1.54) is 6.07 Å². The van der Waals surface area contributed by atoms with E-state index in [4.69, 9.17) is 10.8 Å². The first-order valence-electron chi connectivity index (χ1n) is 4.42. The van der Waals surface area contributed by atoms with E-state index < -0.39 is 6.10 Å². The van der Waals surface area contributed by atoms with E-state index in [1.807, 2.05) is 0 Å². The number of hydrogen-bond acceptors (Lipinski definition) is 4. The van der Waals surface area contributed by atoms with Crippen molar-refractivity contribution in [2.75, 3.05) is 12.3 Å². The van der Waals surface area contributed by atoms with E-state index in [9.17, 15) is 10.2 Å². The van der Waals surface area contributed by atoms with Crippen LogP contribution in [0.2, 0.25) is 0 Å². The van der Waals surface area contributed by atoms with Crippen LogP contribution in [0.15, 0.2) is 12.1 Å².